The first-order valence-electron chi connectivity index (χ1n) is 9.63. The molecule has 1 heterocycles. The number of nitrogens with one attached hydrogen (secondary N) is 2. The summed E-state index contributed by atoms with van der Waals surface area (Å²) in [5.41, 5.74) is 3.69. The van der Waals surface area contributed by atoms with Gasteiger partial charge in [0.1, 0.15) is 11.9 Å². The van der Waals surface area contributed by atoms with Gasteiger partial charge in [-0.3, -0.25) is 9.59 Å². The Bertz CT molecular complexity index is 1060. The van der Waals surface area contributed by atoms with Gasteiger partial charge < -0.3 is 15.4 Å². The van der Waals surface area contributed by atoms with Gasteiger partial charge in [-0.2, -0.15) is 0 Å². The van der Waals surface area contributed by atoms with Crippen molar-refractivity contribution >= 4 is 11.6 Å². The van der Waals surface area contributed by atoms with Crippen molar-refractivity contribution < 1.29 is 9.90 Å². The third-order valence-electron chi connectivity index (χ3n) is 4.91. The standard InChI is InChI=1S/C23H25N3O3/c1-4-18-13-20(27)26-22(24-18)17-6-5-7-19(12-17)25-23(29)21(28)15(3)16-10-8-14(2)9-11-16/h5-13,15,21,28H,4H2,1-3H3,(H,25,29)(H,24,26,27). The predicted molar refractivity (Wildman–Crippen MR) is 114 cm³/mol. The third kappa shape index (κ3) is 4.97. The van der Waals surface area contributed by atoms with Crippen LogP contribution in [0.3, 0.4) is 0 Å². The second-order valence-electron chi connectivity index (χ2n) is 7.15. The van der Waals surface area contributed by atoms with Crippen LogP contribution in [0, 0.1) is 6.92 Å². The topological polar surface area (TPSA) is 95.1 Å². The molecule has 0 aliphatic heterocycles. The van der Waals surface area contributed by atoms with Gasteiger partial charge in [-0.1, -0.05) is 55.8 Å². The Labute approximate surface area is 169 Å². The van der Waals surface area contributed by atoms with Crippen molar-refractivity contribution in [3.63, 3.8) is 0 Å². The lowest BCUT2D eigenvalue weighted by Crippen LogP contribution is -2.32. The lowest BCUT2D eigenvalue weighted by atomic mass is 9.94. The van der Waals surface area contributed by atoms with Gasteiger partial charge in [0.25, 0.3) is 11.5 Å². The number of amides is 1. The molecule has 2 aromatic carbocycles. The first kappa shape index (κ1) is 20.5. The predicted octanol–water partition coefficient (Wildman–Crippen LogP) is 3.41. The number of nitrogens with zero attached hydrogens (tertiary/aromatic N) is 1. The Morgan fingerprint density at radius 2 is 1.90 bits per heavy atom. The molecular weight excluding hydrogens is 366 g/mol. The van der Waals surface area contributed by atoms with Crippen LogP contribution in [0.15, 0.2) is 59.4 Å². The molecule has 0 spiro atoms. The quantitative estimate of drug-likeness (QED) is 0.600. The molecule has 3 N–H and O–H groups in total. The number of aliphatic hydroxyl groups is 1. The highest BCUT2D eigenvalue weighted by atomic mass is 16.3. The molecular formula is C23H25N3O3. The van der Waals surface area contributed by atoms with Crippen LogP contribution in [0.2, 0.25) is 0 Å². The minimum absolute atomic E-state index is 0.219. The summed E-state index contributed by atoms with van der Waals surface area (Å²) in [5, 5.41) is 13.2. The number of aryl methyl sites for hydroxylation is 2. The molecule has 0 saturated carbocycles. The first-order valence-corrected chi connectivity index (χ1v) is 9.63. The minimum Gasteiger partial charge on any atom is -0.383 e. The van der Waals surface area contributed by atoms with Crippen LogP contribution < -0.4 is 10.9 Å². The fourth-order valence-electron chi connectivity index (χ4n) is 3.07. The summed E-state index contributed by atoms with van der Waals surface area (Å²) < 4.78 is 0. The maximum absolute atomic E-state index is 12.6. The summed E-state index contributed by atoms with van der Waals surface area (Å²) in [7, 11) is 0. The monoisotopic (exact) mass is 391 g/mol. The number of rotatable bonds is 6. The molecule has 29 heavy (non-hydrogen) atoms. The zero-order valence-electron chi connectivity index (χ0n) is 16.8. The van der Waals surface area contributed by atoms with Gasteiger partial charge in [0.15, 0.2) is 0 Å². The van der Waals surface area contributed by atoms with Crippen LogP contribution in [0.5, 0.6) is 0 Å². The van der Waals surface area contributed by atoms with Crippen LogP contribution in [0.4, 0.5) is 5.69 Å². The van der Waals surface area contributed by atoms with Crippen molar-refractivity contribution in [3.05, 3.63) is 81.8 Å². The van der Waals surface area contributed by atoms with Gasteiger partial charge in [0.05, 0.1) is 0 Å². The van der Waals surface area contributed by atoms with Gasteiger partial charge in [0, 0.05) is 28.9 Å². The van der Waals surface area contributed by atoms with Crippen LogP contribution in [0.25, 0.3) is 11.4 Å². The van der Waals surface area contributed by atoms with Gasteiger partial charge in [-0.25, -0.2) is 4.98 Å². The number of hydrogen-bond acceptors (Lipinski definition) is 4. The number of aliphatic hydroxyl groups excluding tert-OH is 1. The van der Waals surface area contributed by atoms with Gasteiger partial charge in [0.2, 0.25) is 0 Å². The van der Waals surface area contributed by atoms with E-state index in [4.69, 9.17) is 0 Å². The first-order chi connectivity index (χ1) is 13.9. The molecule has 2 atom stereocenters. The lowest BCUT2D eigenvalue weighted by Gasteiger charge is -2.19. The third-order valence-corrected chi connectivity index (χ3v) is 4.91. The summed E-state index contributed by atoms with van der Waals surface area (Å²) >= 11 is 0. The molecule has 0 radical (unpaired) electrons. The summed E-state index contributed by atoms with van der Waals surface area (Å²) in [6.45, 7) is 5.73. The van der Waals surface area contributed by atoms with E-state index in [0.717, 1.165) is 11.1 Å². The van der Waals surface area contributed by atoms with E-state index in [1.807, 2.05) is 45.0 Å². The number of carbonyl (C=O) groups is 1. The van der Waals surface area contributed by atoms with E-state index in [2.05, 4.69) is 15.3 Å². The van der Waals surface area contributed by atoms with Crippen LogP contribution >= 0.6 is 0 Å². The number of benzene rings is 2. The molecule has 0 bridgehead atoms. The SMILES string of the molecule is CCc1cc(=O)[nH]c(-c2cccc(NC(=O)C(O)C(C)c3ccc(C)cc3)c2)n1. The van der Waals surface area contributed by atoms with Crippen molar-refractivity contribution in [2.45, 2.75) is 39.2 Å². The van der Waals surface area contributed by atoms with Crippen molar-refractivity contribution in [3.8, 4) is 11.4 Å². The highest BCUT2D eigenvalue weighted by Crippen LogP contribution is 2.23. The van der Waals surface area contributed by atoms with E-state index in [1.54, 1.807) is 24.3 Å². The maximum Gasteiger partial charge on any atom is 0.253 e. The van der Waals surface area contributed by atoms with Crippen molar-refractivity contribution in [1.82, 2.24) is 9.97 Å². The second kappa shape index (κ2) is 8.84. The molecule has 0 saturated heterocycles. The smallest absolute Gasteiger partial charge is 0.253 e. The van der Waals surface area contributed by atoms with Crippen LogP contribution in [0.1, 0.15) is 36.6 Å². The molecule has 0 aliphatic carbocycles. The van der Waals surface area contributed by atoms with Gasteiger partial charge in [-0.05, 0) is 31.0 Å². The van der Waals surface area contributed by atoms with E-state index >= 15 is 0 Å². The summed E-state index contributed by atoms with van der Waals surface area (Å²) in [4.78, 5) is 31.5. The van der Waals surface area contributed by atoms with E-state index < -0.39 is 12.0 Å². The van der Waals surface area contributed by atoms with E-state index in [1.165, 1.54) is 6.07 Å². The molecule has 1 amide bonds. The summed E-state index contributed by atoms with van der Waals surface area (Å²) in [5.74, 6) is -0.393. The molecule has 0 aliphatic rings. The number of H-pyrrole nitrogens is 1. The number of anilines is 1. The van der Waals surface area contributed by atoms with E-state index in [9.17, 15) is 14.7 Å². The lowest BCUT2D eigenvalue weighted by molar-refractivity contribution is -0.124. The molecule has 6 nitrogen and oxygen atoms in total. The molecule has 0 fully saturated rings. The molecule has 2 unspecified atom stereocenters. The Morgan fingerprint density at radius 3 is 2.59 bits per heavy atom. The number of hydrogen-bond donors (Lipinski definition) is 3. The Hall–Kier alpha value is -3.25. The molecule has 6 heteroatoms. The highest BCUT2D eigenvalue weighted by Gasteiger charge is 2.24. The zero-order valence-corrected chi connectivity index (χ0v) is 16.8. The van der Waals surface area contributed by atoms with Crippen LogP contribution in [-0.2, 0) is 11.2 Å². The second-order valence-corrected chi connectivity index (χ2v) is 7.15. The highest BCUT2D eigenvalue weighted by molar-refractivity contribution is 5.95. The largest absolute Gasteiger partial charge is 0.383 e. The summed E-state index contributed by atoms with van der Waals surface area (Å²) in [6.07, 6.45) is -0.543. The Morgan fingerprint density at radius 1 is 1.17 bits per heavy atom. The normalized spacial score (nSPS) is 13.0. The fraction of sp³-hybridized carbons (Fsp3) is 0.261. The summed E-state index contributed by atoms with van der Waals surface area (Å²) in [6, 6.07) is 16.2. The molecule has 150 valence electrons. The van der Waals surface area contributed by atoms with Gasteiger partial charge >= 0.3 is 0 Å². The average molecular weight is 391 g/mol. The minimum atomic E-state index is -1.19. The molecule has 1 aromatic heterocycles. The van der Waals surface area contributed by atoms with Crippen molar-refractivity contribution in [1.29, 1.82) is 0 Å². The Kier molecular flexibility index (Phi) is 6.24. The average Bonchev–Trinajstić information content (AvgIpc) is 2.73. The van der Waals surface area contributed by atoms with Crippen LogP contribution in [-0.4, -0.2) is 27.1 Å². The van der Waals surface area contributed by atoms with Crippen molar-refractivity contribution in [2.24, 2.45) is 0 Å². The van der Waals surface area contributed by atoms with E-state index in [-0.39, 0.29) is 11.5 Å². The molecule has 3 aromatic rings. The molecule has 3 rings (SSSR count). The Balaban J connectivity index is 1.77. The van der Waals surface area contributed by atoms with E-state index in [0.29, 0.717) is 29.2 Å². The fourth-order valence-corrected chi connectivity index (χ4v) is 3.07. The zero-order chi connectivity index (χ0) is 21.0. The van der Waals surface area contributed by atoms with Crippen molar-refractivity contribution in [2.75, 3.05) is 5.32 Å². The number of aromatic nitrogens is 2. The van der Waals surface area contributed by atoms with Gasteiger partial charge in [-0.15, -0.1) is 0 Å². The number of aromatic amines is 1. The maximum atomic E-state index is 12.6. The number of carbonyl (C=O) groups excluding carboxylic acids is 1.